The summed E-state index contributed by atoms with van der Waals surface area (Å²) < 4.78 is 24.3. The zero-order valence-electron chi connectivity index (χ0n) is 8.60. The molecule has 0 fully saturated rings. The third kappa shape index (κ3) is 3.78. The Morgan fingerprint density at radius 3 is 2.59 bits per heavy atom. The number of halogens is 2. The first-order chi connectivity index (χ1) is 7.88. The highest BCUT2D eigenvalue weighted by Crippen LogP contribution is 2.27. The molecule has 0 heterocycles. The van der Waals surface area contributed by atoms with E-state index in [1.54, 1.807) is 0 Å². The molecular formula is C9H9ClINO4S. The van der Waals surface area contributed by atoms with Gasteiger partial charge in [0.1, 0.15) is 4.90 Å². The number of nitrogens with zero attached hydrogens (tertiary/aromatic N) is 1. The molecule has 0 aliphatic heterocycles. The summed E-state index contributed by atoms with van der Waals surface area (Å²) in [5.74, 6) is 0.0231. The van der Waals surface area contributed by atoms with Crippen molar-refractivity contribution in [2.75, 3.05) is 11.6 Å². The minimum absolute atomic E-state index is 0.183. The van der Waals surface area contributed by atoms with E-state index in [0.29, 0.717) is 3.57 Å². The number of hydrogen-bond acceptors (Lipinski definition) is 4. The molecule has 0 atom stereocenters. The molecule has 8 heteroatoms. The summed E-state index contributed by atoms with van der Waals surface area (Å²) in [7, 11) is -3.64. The van der Waals surface area contributed by atoms with Gasteiger partial charge in [0.15, 0.2) is 9.84 Å². The SMILES string of the molecule is O=[N+]([O-])c1cc(I)ccc1S(=O)(=O)CCCCl. The average molecular weight is 390 g/mol. The Balaban J connectivity index is 3.26. The molecule has 0 radical (unpaired) electrons. The first kappa shape index (κ1) is 14.7. The van der Waals surface area contributed by atoms with Gasteiger partial charge in [0.2, 0.25) is 0 Å². The lowest BCUT2D eigenvalue weighted by atomic mass is 10.3. The molecule has 0 spiro atoms. The van der Waals surface area contributed by atoms with Crippen LogP contribution in [0.5, 0.6) is 0 Å². The van der Waals surface area contributed by atoms with Crippen molar-refractivity contribution < 1.29 is 13.3 Å². The van der Waals surface area contributed by atoms with Crippen LogP contribution in [0.25, 0.3) is 0 Å². The van der Waals surface area contributed by atoms with Crippen LogP contribution in [0.1, 0.15) is 6.42 Å². The quantitative estimate of drug-likeness (QED) is 0.336. The van der Waals surface area contributed by atoms with Gasteiger partial charge in [-0.1, -0.05) is 0 Å². The van der Waals surface area contributed by atoms with Crippen molar-refractivity contribution in [2.45, 2.75) is 11.3 Å². The van der Waals surface area contributed by atoms with Crippen LogP contribution in [0.4, 0.5) is 5.69 Å². The molecule has 0 aliphatic rings. The molecule has 5 nitrogen and oxygen atoms in total. The van der Waals surface area contributed by atoms with E-state index in [-0.39, 0.29) is 28.6 Å². The van der Waals surface area contributed by atoms with Gasteiger partial charge in [-0.25, -0.2) is 8.42 Å². The van der Waals surface area contributed by atoms with Gasteiger partial charge >= 0.3 is 0 Å². The van der Waals surface area contributed by atoms with Crippen molar-refractivity contribution in [1.29, 1.82) is 0 Å². The Hall–Kier alpha value is -0.410. The maximum Gasteiger partial charge on any atom is 0.289 e. The van der Waals surface area contributed by atoms with Crippen LogP contribution < -0.4 is 0 Å². The summed E-state index contributed by atoms with van der Waals surface area (Å²) in [4.78, 5) is 9.88. The second-order valence-electron chi connectivity index (χ2n) is 3.23. The topological polar surface area (TPSA) is 77.3 Å². The van der Waals surface area contributed by atoms with E-state index in [4.69, 9.17) is 11.6 Å². The van der Waals surface area contributed by atoms with E-state index < -0.39 is 14.8 Å². The lowest BCUT2D eigenvalue weighted by Crippen LogP contribution is -2.10. The van der Waals surface area contributed by atoms with E-state index >= 15 is 0 Å². The molecule has 1 aromatic rings. The second-order valence-corrected chi connectivity index (χ2v) is 6.93. The van der Waals surface area contributed by atoms with Gasteiger partial charge in [-0.2, -0.15) is 0 Å². The van der Waals surface area contributed by atoms with Gasteiger partial charge < -0.3 is 0 Å². The normalized spacial score (nSPS) is 11.4. The van der Waals surface area contributed by atoms with Crippen molar-refractivity contribution in [3.05, 3.63) is 31.9 Å². The van der Waals surface area contributed by atoms with Gasteiger partial charge in [-0.05, 0) is 41.1 Å². The molecule has 0 aliphatic carbocycles. The molecule has 0 unspecified atom stereocenters. The fourth-order valence-corrected chi connectivity index (χ4v) is 3.49. The monoisotopic (exact) mass is 389 g/mol. The van der Waals surface area contributed by atoms with Crippen LogP contribution in [-0.2, 0) is 9.84 Å². The van der Waals surface area contributed by atoms with Crippen molar-refractivity contribution in [2.24, 2.45) is 0 Å². The summed E-state index contributed by atoms with van der Waals surface area (Å²) in [5.41, 5.74) is -0.383. The molecule has 1 aromatic carbocycles. The number of nitro groups is 1. The molecule has 17 heavy (non-hydrogen) atoms. The molecule has 0 aromatic heterocycles. The molecule has 0 saturated carbocycles. The fourth-order valence-electron chi connectivity index (χ4n) is 1.25. The van der Waals surface area contributed by atoms with Crippen LogP contribution in [0, 0.1) is 13.7 Å². The maximum atomic E-state index is 11.9. The van der Waals surface area contributed by atoms with Crippen molar-refractivity contribution in [1.82, 2.24) is 0 Å². The Bertz CT molecular complexity index is 532. The van der Waals surface area contributed by atoms with E-state index in [0.717, 1.165) is 0 Å². The van der Waals surface area contributed by atoms with Gasteiger partial charge in [-0.15, -0.1) is 11.6 Å². The first-order valence-electron chi connectivity index (χ1n) is 4.61. The summed E-state index contributed by atoms with van der Waals surface area (Å²) in [6.45, 7) is 0. The maximum absolute atomic E-state index is 11.9. The zero-order valence-corrected chi connectivity index (χ0v) is 12.3. The molecule has 0 N–H and O–H groups in total. The van der Waals surface area contributed by atoms with Crippen LogP contribution in [0.2, 0.25) is 0 Å². The van der Waals surface area contributed by atoms with Crippen LogP contribution in [0.3, 0.4) is 0 Å². The molecular weight excluding hydrogens is 381 g/mol. The van der Waals surface area contributed by atoms with E-state index in [1.165, 1.54) is 18.2 Å². The number of benzene rings is 1. The summed E-state index contributed by atoms with van der Waals surface area (Å²) in [6, 6.07) is 4.04. The van der Waals surface area contributed by atoms with E-state index in [9.17, 15) is 18.5 Å². The highest BCUT2D eigenvalue weighted by Gasteiger charge is 2.25. The highest BCUT2D eigenvalue weighted by molar-refractivity contribution is 14.1. The Labute approximate surface area is 117 Å². The number of sulfone groups is 1. The Kier molecular flexibility index (Phi) is 5.14. The molecule has 0 bridgehead atoms. The summed E-state index contributed by atoms with van der Waals surface area (Å²) in [6.07, 6.45) is 0.271. The molecule has 0 amide bonds. The summed E-state index contributed by atoms with van der Waals surface area (Å²) >= 11 is 7.32. The predicted molar refractivity (Wildman–Crippen MR) is 73.2 cm³/mol. The van der Waals surface area contributed by atoms with Gasteiger partial charge in [0.05, 0.1) is 10.7 Å². The smallest absolute Gasteiger partial charge is 0.258 e. The first-order valence-corrected chi connectivity index (χ1v) is 7.87. The van der Waals surface area contributed by atoms with E-state index in [2.05, 4.69) is 0 Å². The largest absolute Gasteiger partial charge is 0.289 e. The van der Waals surface area contributed by atoms with Gasteiger partial charge in [-0.3, -0.25) is 10.1 Å². The van der Waals surface area contributed by atoms with Crippen LogP contribution in [-0.4, -0.2) is 25.0 Å². The van der Waals surface area contributed by atoms with Crippen molar-refractivity contribution >= 4 is 49.7 Å². The minimum Gasteiger partial charge on any atom is -0.258 e. The Morgan fingerprint density at radius 2 is 2.06 bits per heavy atom. The lowest BCUT2D eigenvalue weighted by molar-refractivity contribution is -0.387. The number of hydrogen-bond donors (Lipinski definition) is 0. The van der Waals surface area contributed by atoms with Gasteiger partial charge in [0, 0.05) is 15.5 Å². The lowest BCUT2D eigenvalue weighted by Gasteiger charge is -2.04. The minimum atomic E-state index is -3.64. The number of alkyl halides is 1. The third-order valence-corrected chi connectivity index (χ3v) is 4.78. The average Bonchev–Trinajstić information content (AvgIpc) is 2.26. The second kappa shape index (κ2) is 5.96. The number of nitro benzene ring substituents is 1. The highest BCUT2D eigenvalue weighted by atomic mass is 127. The third-order valence-electron chi connectivity index (χ3n) is 2.00. The predicted octanol–water partition coefficient (Wildman–Crippen LogP) is 2.60. The molecule has 1 rings (SSSR count). The van der Waals surface area contributed by atoms with Crippen LogP contribution >= 0.6 is 34.2 Å². The van der Waals surface area contributed by atoms with Crippen molar-refractivity contribution in [3.63, 3.8) is 0 Å². The fraction of sp³-hybridized carbons (Fsp3) is 0.333. The standard InChI is InChI=1S/C9H9ClINO4S/c10-4-1-5-17(15,16)9-3-2-7(11)6-8(9)12(13)14/h2-3,6H,1,4-5H2. The van der Waals surface area contributed by atoms with E-state index in [1.807, 2.05) is 22.6 Å². The zero-order chi connectivity index (χ0) is 13.1. The molecule has 94 valence electrons. The van der Waals surface area contributed by atoms with Crippen molar-refractivity contribution in [3.8, 4) is 0 Å². The van der Waals surface area contributed by atoms with Crippen LogP contribution in [0.15, 0.2) is 23.1 Å². The molecule has 0 saturated heterocycles. The summed E-state index contributed by atoms with van der Waals surface area (Å²) in [5, 5.41) is 10.8. The number of rotatable bonds is 5. The Morgan fingerprint density at radius 1 is 1.41 bits per heavy atom. The van der Waals surface area contributed by atoms with Gasteiger partial charge in [0.25, 0.3) is 5.69 Å².